The predicted molar refractivity (Wildman–Crippen MR) is 85.0 cm³/mol. The van der Waals surface area contributed by atoms with Crippen LogP contribution >= 0.6 is 0 Å². The number of carbonyl (C=O) groups is 1. The highest BCUT2D eigenvalue weighted by Crippen LogP contribution is 2.42. The molecule has 1 aliphatic carbocycles. The number of hydrogen-bond donors (Lipinski definition) is 1. The first-order valence-corrected chi connectivity index (χ1v) is 7.81. The highest BCUT2D eigenvalue weighted by atomic mass is 19.1. The second kappa shape index (κ2) is 6.73. The zero-order valence-corrected chi connectivity index (χ0v) is 12.5. The fraction of sp³-hybridized carbons (Fsp3) is 0.316. The standard InChI is InChI=1S/C19H20FNO/c20-17-10-6-14(7-11-17)12-13-21-19(22)18(16-8-9-16)15-4-2-1-3-5-15/h1-7,10-11,16,18H,8-9,12-13H2,(H,21,22). The lowest BCUT2D eigenvalue weighted by atomic mass is 9.93. The third kappa shape index (κ3) is 3.73. The second-order valence-electron chi connectivity index (χ2n) is 5.89. The Morgan fingerprint density at radius 1 is 1.09 bits per heavy atom. The Balaban J connectivity index is 1.57. The zero-order valence-electron chi connectivity index (χ0n) is 12.5. The molecule has 1 atom stereocenters. The highest BCUT2D eigenvalue weighted by Gasteiger charge is 2.36. The highest BCUT2D eigenvalue weighted by molar-refractivity contribution is 5.84. The van der Waals surface area contributed by atoms with Gasteiger partial charge in [0.2, 0.25) is 5.91 Å². The lowest BCUT2D eigenvalue weighted by Gasteiger charge is -2.16. The van der Waals surface area contributed by atoms with Crippen LogP contribution in [0.15, 0.2) is 54.6 Å². The lowest BCUT2D eigenvalue weighted by molar-refractivity contribution is -0.123. The summed E-state index contributed by atoms with van der Waals surface area (Å²) in [6.45, 7) is 0.584. The Labute approximate surface area is 130 Å². The van der Waals surface area contributed by atoms with Gasteiger partial charge in [0.25, 0.3) is 0 Å². The van der Waals surface area contributed by atoms with E-state index in [1.807, 2.05) is 30.3 Å². The maximum Gasteiger partial charge on any atom is 0.227 e. The number of benzene rings is 2. The first-order chi connectivity index (χ1) is 10.7. The van der Waals surface area contributed by atoms with Crippen LogP contribution < -0.4 is 5.32 Å². The molecule has 0 bridgehead atoms. The average molecular weight is 297 g/mol. The number of hydrogen-bond acceptors (Lipinski definition) is 1. The molecule has 3 heteroatoms. The topological polar surface area (TPSA) is 29.1 Å². The first kappa shape index (κ1) is 14.8. The van der Waals surface area contributed by atoms with Crippen LogP contribution in [0.2, 0.25) is 0 Å². The molecule has 2 nitrogen and oxygen atoms in total. The molecule has 0 spiro atoms. The summed E-state index contributed by atoms with van der Waals surface area (Å²) in [7, 11) is 0. The Hall–Kier alpha value is -2.16. The van der Waals surface area contributed by atoms with E-state index in [1.54, 1.807) is 12.1 Å². The Morgan fingerprint density at radius 2 is 1.77 bits per heavy atom. The van der Waals surface area contributed by atoms with Gasteiger partial charge in [-0.1, -0.05) is 42.5 Å². The Kier molecular flexibility index (Phi) is 4.52. The molecule has 114 valence electrons. The molecule has 1 fully saturated rings. The van der Waals surface area contributed by atoms with Gasteiger partial charge in [0.1, 0.15) is 5.82 Å². The molecule has 1 saturated carbocycles. The van der Waals surface area contributed by atoms with E-state index in [4.69, 9.17) is 0 Å². The summed E-state index contributed by atoms with van der Waals surface area (Å²) in [5.41, 5.74) is 2.13. The van der Waals surface area contributed by atoms with Crippen molar-refractivity contribution in [2.24, 2.45) is 5.92 Å². The van der Waals surface area contributed by atoms with Gasteiger partial charge in [0, 0.05) is 6.54 Å². The van der Waals surface area contributed by atoms with Crippen molar-refractivity contribution in [2.45, 2.75) is 25.2 Å². The molecule has 0 aromatic heterocycles. The average Bonchev–Trinajstić information content (AvgIpc) is 3.35. The van der Waals surface area contributed by atoms with Crippen molar-refractivity contribution in [1.82, 2.24) is 5.32 Å². The molecular formula is C19H20FNO. The van der Waals surface area contributed by atoms with E-state index in [1.165, 1.54) is 12.1 Å². The minimum absolute atomic E-state index is 0.0329. The van der Waals surface area contributed by atoms with Crippen LogP contribution in [0, 0.1) is 11.7 Å². The summed E-state index contributed by atoms with van der Waals surface area (Å²) in [6.07, 6.45) is 2.98. The molecule has 0 saturated heterocycles. The minimum Gasteiger partial charge on any atom is -0.355 e. The summed E-state index contributed by atoms with van der Waals surface area (Å²) in [6, 6.07) is 16.4. The molecule has 1 aliphatic rings. The summed E-state index contributed by atoms with van der Waals surface area (Å²) < 4.78 is 12.9. The van der Waals surface area contributed by atoms with E-state index >= 15 is 0 Å². The van der Waals surface area contributed by atoms with Crippen molar-refractivity contribution in [2.75, 3.05) is 6.54 Å². The van der Waals surface area contributed by atoms with Gasteiger partial charge in [-0.15, -0.1) is 0 Å². The van der Waals surface area contributed by atoms with Gasteiger partial charge < -0.3 is 5.32 Å². The molecule has 0 radical (unpaired) electrons. The van der Waals surface area contributed by atoms with Crippen LogP contribution in [0.4, 0.5) is 4.39 Å². The summed E-state index contributed by atoms with van der Waals surface area (Å²) in [5.74, 6) is 0.323. The molecular weight excluding hydrogens is 277 g/mol. The molecule has 2 aromatic rings. The lowest BCUT2D eigenvalue weighted by Crippen LogP contribution is -2.32. The first-order valence-electron chi connectivity index (χ1n) is 7.81. The SMILES string of the molecule is O=C(NCCc1ccc(F)cc1)C(c1ccccc1)C1CC1. The van der Waals surface area contributed by atoms with Crippen LogP contribution in [0.3, 0.4) is 0 Å². The predicted octanol–water partition coefficient (Wildman–Crippen LogP) is 3.68. The van der Waals surface area contributed by atoms with Crippen LogP contribution in [-0.4, -0.2) is 12.5 Å². The normalized spacial score (nSPS) is 15.3. The van der Waals surface area contributed by atoms with Crippen molar-refractivity contribution >= 4 is 5.91 Å². The molecule has 1 amide bonds. The number of carbonyl (C=O) groups excluding carboxylic acids is 1. The van der Waals surface area contributed by atoms with Crippen molar-refractivity contribution in [3.8, 4) is 0 Å². The monoisotopic (exact) mass is 297 g/mol. The molecule has 0 aliphatic heterocycles. The van der Waals surface area contributed by atoms with Gasteiger partial charge in [0.05, 0.1) is 5.92 Å². The molecule has 1 N–H and O–H groups in total. The van der Waals surface area contributed by atoms with Gasteiger partial charge >= 0.3 is 0 Å². The van der Waals surface area contributed by atoms with Crippen LogP contribution in [0.1, 0.15) is 29.9 Å². The van der Waals surface area contributed by atoms with E-state index in [0.717, 1.165) is 30.4 Å². The minimum atomic E-state index is -0.231. The van der Waals surface area contributed by atoms with Crippen molar-refractivity contribution < 1.29 is 9.18 Å². The van der Waals surface area contributed by atoms with E-state index in [2.05, 4.69) is 5.32 Å². The maximum atomic E-state index is 12.9. The van der Waals surface area contributed by atoms with Crippen LogP contribution in [0.25, 0.3) is 0 Å². The van der Waals surface area contributed by atoms with E-state index in [-0.39, 0.29) is 17.6 Å². The number of nitrogens with one attached hydrogen (secondary N) is 1. The summed E-state index contributed by atoms with van der Waals surface area (Å²) >= 11 is 0. The molecule has 1 unspecified atom stereocenters. The Morgan fingerprint density at radius 3 is 2.41 bits per heavy atom. The summed E-state index contributed by atoms with van der Waals surface area (Å²) in [5, 5.41) is 3.03. The quantitative estimate of drug-likeness (QED) is 0.866. The van der Waals surface area contributed by atoms with Gasteiger partial charge in [-0.3, -0.25) is 4.79 Å². The fourth-order valence-corrected chi connectivity index (χ4v) is 2.82. The Bertz CT molecular complexity index is 620. The third-order valence-corrected chi connectivity index (χ3v) is 4.16. The molecule has 2 aromatic carbocycles. The third-order valence-electron chi connectivity index (χ3n) is 4.16. The van der Waals surface area contributed by atoms with Crippen LogP contribution in [0.5, 0.6) is 0 Å². The molecule has 3 rings (SSSR count). The smallest absolute Gasteiger partial charge is 0.227 e. The van der Waals surface area contributed by atoms with Gasteiger partial charge in [-0.25, -0.2) is 4.39 Å². The van der Waals surface area contributed by atoms with Crippen molar-refractivity contribution in [3.63, 3.8) is 0 Å². The molecule has 0 heterocycles. The largest absolute Gasteiger partial charge is 0.355 e. The van der Waals surface area contributed by atoms with Gasteiger partial charge in [-0.2, -0.15) is 0 Å². The van der Waals surface area contributed by atoms with E-state index in [9.17, 15) is 9.18 Å². The number of rotatable bonds is 6. The number of halogens is 1. The van der Waals surface area contributed by atoms with Crippen molar-refractivity contribution in [1.29, 1.82) is 0 Å². The van der Waals surface area contributed by atoms with Crippen LogP contribution in [-0.2, 0) is 11.2 Å². The van der Waals surface area contributed by atoms with Gasteiger partial charge in [-0.05, 0) is 48.4 Å². The molecule has 22 heavy (non-hydrogen) atoms. The van der Waals surface area contributed by atoms with Crippen molar-refractivity contribution in [3.05, 3.63) is 71.5 Å². The fourth-order valence-electron chi connectivity index (χ4n) is 2.82. The maximum absolute atomic E-state index is 12.9. The zero-order chi connectivity index (χ0) is 15.4. The number of amides is 1. The van der Waals surface area contributed by atoms with E-state index in [0.29, 0.717) is 12.5 Å². The van der Waals surface area contributed by atoms with E-state index < -0.39 is 0 Å². The second-order valence-corrected chi connectivity index (χ2v) is 5.89. The summed E-state index contributed by atoms with van der Waals surface area (Å²) in [4.78, 5) is 12.5. The van der Waals surface area contributed by atoms with Gasteiger partial charge in [0.15, 0.2) is 0 Å².